The predicted molar refractivity (Wildman–Crippen MR) is 55.9 cm³/mol. The molecule has 0 radical (unpaired) electrons. The highest BCUT2D eigenvalue weighted by molar-refractivity contribution is 14.1. The molecule has 0 saturated carbocycles. The van der Waals surface area contributed by atoms with Crippen LogP contribution in [0.15, 0.2) is 9.66 Å². The summed E-state index contributed by atoms with van der Waals surface area (Å²) < 4.78 is 7.74. The third kappa shape index (κ3) is 2.18. The van der Waals surface area contributed by atoms with Crippen LogP contribution in [-0.4, -0.2) is 12.7 Å². The van der Waals surface area contributed by atoms with Gasteiger partial charge in [-0.2, -0.15) is 0 Å². The highest BCUT2D eigenvalue weighted by Gasteiger charge is 2.26. The molecule has 0 aromatic carbocycles. The summed E-state index contributed by atoms with van der Waals surface area (Å²) in [6.07, 6.45) is 2.90. The van der Waals surface area contributed by atoms with Crippen molar-refractivity contribution in [3.63, 3.8) is 0 Å². The molecule has 2 heteroatoms. The summed E-state index contributed by atoms with van der Waals surface area (Å²) >= 11 is 2.32. The lowest BCUT2D eigenvalue weighted by atomic mass is 9.96. The second-order valence-corrected chi connectivity index (χ2v) is 3.69. The van der Waals surface area contributed by atoms with Gasteiger partial charge < -0.3 is 4.74 Å². The van der Waals surface area contributed by atoms with Gasteiger partial charge in [-0.25, -0.2) is 0 Å². The van der Waals surface area contributed by atoms with Gasteiger partial charge in [0.05, 0.1) is 12.7 Å². The largest absolute Gasteiger partial charge is 0.374 e. The summed E-state index contributed by atoms with van der Waals surface area (Å²) in [6, 6.07) is 0. The van der Waals surface area contributed by atoms with Gasteiger partial charge in [-0.3, -0.25) is 0 Å². The van der Waals surface area contributed by atoms with Crippen LogP contribution in [0.2, 0.25) is 0 Å². The molecule has 0 N–H and O–H groups in total. The second kappa shape index (κ2) is 4.45. The van der Waals surface area contributed by atoms with E-state index in [1.807, 2.05) is 0 Å². The van der Waals surface area contributed by atoms with E-state index < -0.39 is 0 Å². The van der Waals surface area contributed by atoms with Crippen LogP contribution in [0, 0.1) is 5.92 Å². The lowest BCUT2D eigenvalue weighted by molar-refractivity contribution is 0.127. The zero-order valence-corrected chi connectivity index (χ0v) is 9.30. The number of ether oxygens (including phenoxy) is 1. The normalized spacial score (nSPS) is 35.0. The minimum atomic E-state index is 0.364. The Bertz CT molecular complexity index is 152. The number of hydrogen-bond donors (Lipinski definition) is 0. The molecule has 1 heterocycles. The summed E-state index contributed by atoms with van der Waals surface area (Å²) in [4.78, 5) is 0. The molecule has 0 aromatic rings. The molecule has 0 bridgehead atoms. The van der Waals surface area contributed by atoms with Gasteiger partial charge in [0.2, 0.25) is 0 Å². The fraction of sp³-hybridized carbons (Fsp3) is 0.778. The highest BCUT2D eigenvalue weighted by Crippen LogP contribution is 2.30. The molecule has 1 fully saturated rings. The molecule has 2 unspecified atom stereocenters. The fourth-order valence-corrected chi connectivity index (χ4v) is 2.58. The maximum absolute atomic E-state index is 5.55. The Labute approximate surface area is 82.3 Å². The minimum Gasteiger partial charge on any atom is -0.374 e. The van der Waals surface area contributed by atoms with Crippen molar-refractivity contribution in [2.24, 2.45) is 5.92 Å². The molecule has 0 spiro atoms. The molecule has 11 heavy (non-hydrogen) atoms. The molecule has 64 valence electrons. The van der Waals surface area contributed by atoms with Crippen molar-refractivity contribution in [2.75, 3.05) is 6.61 Å². The summed E-state index contributed by atoms with van der Waals surface area (Å²) in [5.41, 5.74) is 1.49. The topological polar surface area (TPSA) is 9.23 Å². The van der Waals surface area contributed by atoms with Gasteiger partial charge in [0.25, 0.3) is 0 Å². The smallest absolute Gasteiger partial charge is 0.0768 e. The van der Waals surface area contributed by atoms with Crippen molar-refractivity contribution in [2.45, 2.75) is 32.8 Å². The summed E-state index contributed by atoms with van der Waals surface area (Å²) in [5.74, 6) is 0.701. The van der Waals surface area contributed by atoms with E-state index in [1.165, 1.54) is 18.4 Å². The SMILES string of the molecule is CCCC1COC(C)/C1=C\I. The van der Waals surface area contributed by atoms with Crippen LogP contribution in [-0.2, 0) is 4.74 Å². The predicted octanol–water partition coefficient (Wildman–Crippen LogP) is 3.14. The third-order valence-corrected chi connectivity index (χ3v) is 2.97. The monoisotopic (exact) mass is 266 g/mol. The van der Waals surface area contributed by atoms with Crippen molar-refractivity contribution >= 4 is 22.6 Å². The van der Waals surface area contributed by atoms with Gasteiger partial charge in [-0.1, -0.05) is 35.9 Å². The van der Waals surface area contributed by atoms with Crippen LogP contribution in [0.1, 0.15) is 26.7 Å². The van der Waals surface area contributed by atoms with Gasteiger partial charge >= 0.3 is 0 Å². The zero-order chi connectivity index (χ0) is 8.27. The molecular weight excluding hydrogens is 251 g/mol. The van der Waals surface area contributed by atoms with Crippen LogP contribution in [0.25, 0.3) is 0 Å². The van der Waals surface area contributed by atoms with E-state index in [0.717, 1.165) is 6.61 Å². The van der Waals surface area contributed by atoms with Crippen molar-refractivity contribution in [1.29, 1.82) is 0 Å². The van der Waals surface area contributed by atoms with E-state index in [-0.39, 0.29) is 0 Å². The number of halogens is 1. The summed E-state index contributed by atoms with van der Waals surface area (Å²) in [6.45, 7) is 5.30. The van der Waals surface area contributed by atoms with Gasteiger partial charge in [-0.15, -0.1) is 0 Å². The van der Waals surface area contributed by atoms with Crippen LogP contribution in [0.3, 0.4) is 0 Å². The lowest BCUT2D eigenvalue weighted by Gasteiger charge is -2.08. The number of rotatable bonds is 2. The Balaban J connectivity index is 2.55. The van der Waals surface area contributed by atoms with Crippen molar-refractivity contribution in [1.82, 2.24) is 0 Å². The van der Waals surface area contributed by atoms with E-state index in [9.17, 15) is 0 Å². The lowest BCUT2D eigenvalue weighted by Crippen LogP contribution is -2.03. The summed E-state index contributed by atoms with van der Waals surface area (Å²) in [7, 11) is 0. The maximum Gasteiger partial charge on any atom is 0.0768 e. The van der Waals surface area contributed by atoms with Crippen molar-refractivity contribution in [3.8, 4) is 0 Å². The minimum absolute atomic E-state index is 0.364. The average molecular weight is 266 g/mol. The average Bonchev–Trinajstić information content (AvgIpc) is 2.33. The molecule has 1 aliphatic rings. The quantitative estimate of drug-likeness (QED) is 0.698. The Kier molecular flexibility index (Phi) is 3.85. The number of hydrogen-bond acceptors (Lipinski definition) is 1. The van der Waals surface area contributed by atoms with Crippen molar-refractivity contribution in [3.05, 3.63) is 9.66 Å². The molecule has 2 atom stereocenters. The summed E-state index contributed by atoms with van der Waals surface area (Å²) in [5, 5.41) is 0. The van der Waals surface area contributed by atoms with E-state index >= 15 is 0 Å². The van der Waals surface area contributed by atoms with Gasteiger partial charge in [0.15, 0.2) is 0 Å². The molecule has 1 nitrogen and oxygen atoms in total. The van der Waals surface area contributed by atoms with Gasteiger partial charge in [0, 0.05) is 5.92 Å². The van der Waals surface area contributed by atoms with E-state index in [4.69, 9.17) is 4.74 Å². The van der Waals surface area contributed by atoms with Crippen LogP contribution >= 0.6 is 22.6 Å². The molecule has 1 aliphatic heterocycles. The Morgan fingerprint density at radius 1 is 1.73 bits per heavy atom. The van der Waals surface area contributed by atoms with Crippen LogP contribution < -0.4 is 0 Å². The second-order valence-electron chi connectivity index (χ2n) is 3.07. The molecule has 0 aliphatic carbocycles. The first kappa shape index (κ1) is 9.52. The molecule has 0 aromatic heterocycles. The standard InChI is InChI=1S/C9H15IO/c1-3-4-8-6-11-7(2)9(8)5-10/h5,7-8H,3-4,6H2,1-2H3/b9-5+. The highest BCUT2D eigenvalue weighted by atomic mass is 127. The van der Waals surface area contributed by atoms with E-state index in [2.05, 4.69) is 40.5 Å². The maximum atomic E-state index is 5.55. The third-order valence-electron chi connectivity index (χ3n) is 2.25. The Morgan fingerprint density at radius 3 is 3.00 bits per heavy atom. The Morgan fingerprint density at radius 2 is 2.45 bits per heavy atom. The molecule has 0 amide bonds. The molecule has 1 rings (SSSR count). The van der Waals surface area contributed by atoms with Gasteiger partial charge in [-0.05, 0) is 23.0 Å². The van der Waals surface area contributed by atoms with Crippen LogP contribution in [0.4, 0.5) is 0 Å². The zero-order valence-electron chi connectivity index (χ0n) is 7.14. The van der Waals surface area contributed by atoms with Crippen LogP contribution in [0.5, 0.6) is 0 Å². The molecule has 1 saturated heterocycles. The van der Waals surface area contributed by atoms with Crippen molar-refractivity contribution < 1.29 is 4.74 Å². The van der Waals surface area contributed by atoms with Gasteiger partial charge in [0.1, 0.15) is 0 Å². The first-order valence-electron chi connectivity index (χ1n) is 4.21. The first-order valence-corrected chi connectivity index (χ1v) is 5.46. The Hall–Kier alpha value is 0.430. The van der Waals surface area contributed by atoms with E-state index in [1.54, 1.807) is 0 Å². The fourth-order valence-electron chi connectivity index (χ4n) is 1.56. The molecular formula is C9H15IO. The first-order chi connectivity index (χ1) is 5.29. The van der Waals surface area contributed by atoms with E-state index in [0.29, 0.717) is 12.0 Å².